The van der Waals surface area contributed by atoms with E-state index >= 15 is 0 Å². The summed E-state index contributed by atoms with van der Waals surface area (Å²) in [7, 11) is 0. The molecule has 0 aliphatic rings. The fraction of sp³-hybridized carbons (Fsp3) is 0.571. The van der Waals surface area contributed by atoms with Gasteiger partial charge in [0.15, 0.2) is 0 Å². The van der Waals surface area contributed by atoms with E-state index in [0.717, 1.165) is 36.0 Å². The van der Waals surface area contributed by atoms with Crippen molar-refractivity contribution in [3.05, 3.63) is 42.0 Å². The number of unbranched alkanes of at least 4 members (excludes halogenated alkanes) is 10. The number of aromatic hydroxyl groups is 1. The second-order valence-electron chi connectivity index (χ2n) is 9.10. The topological polar surface area (TPSA) is 60.2 Å². The maximum Gasteiger partial charge on any atom is 0.143 e. The number of rotatable bonds is 16. The average Bonchev–Trinajstić information content (AvgIpc) is 3.24. The molecule has 0 saturated carbocycles. The normalized spacial score (nSPS) is 11.3. The van der Waals surface area contributed by atoms with Gasteiger partial charge in [0, 0.05) is 6.07 Å². The van der Waals surface area contributed by atoms with Crippen molar-refractivity contribution in [2.45, 2.75) is 97.3 Å². The molecule has 0 saturated heterocycles. The smallest absolute Gasteiger partial charge is 0.143 e. The van der Waals surface area contributed by atoms with Gasteiger partial charge in [-0.2, -0.15) is 0 Å². The second kappa shape index (κ2) is 13.9. The first-order valence-electron chi connectivity index (χ1n) is 13.0. The van der Waals surface area contributed by atoms with Gasteiger partial charge >= 0.3 is 0 Å². The Morgan fingerprint density at radius 2 is 1.39 bits per heavy atom. The second-order valence-corrected chi connectivity index (χ2v) is 9.10. The van der Waals surface area contributed by atoms with Crippen LogP contribution >= 0.6 is 0 Å². The van der Waals surface area contributed by atoms with Gasteiger partial charge in [0.2, 0.25) is 0 Å². The SMILES string of the molecule is CCCCCCCCCCCCc1ccc(O)c(-n2nc3ccc(OCCCC)cc3n2)c1. The molecular weight excluding hydrogens is 410 g/mol. The van der Waals surface area contributed by atoms with Crippen LogP contribution in [0.3, 0.4) is 0 Å². The molecule has 180 valence electrons. The van der Waals surface area contributed by atoms with Crippen LogP contribution in [0.4, 0.5) is 0 Å². The number of hydrogen-bond donors (Lipinski definition) is 1. The van der Waals surface area contributed by atoms with E-state index in [1.165, 1.54) is 74.6 Å². The molecular formula is C28H41N3O2. The predicted molar refractivity (Wildman–Crippen MR) is 136 cm³/mol. The van der Waals surface area contributed by atoms with E-state index < -0.39 is 0 Å². The first-order valence-corrected chi connectivity index (χ1v) is 13.0. The third kappa shape index (κ3) is 8.06. The lowest BCUT2D eigenvalue weighted by molar-refractivity contribution is 0.310. The highest BCUT2D eigenvalue weighted by Crippen LogP contribution is 2.25. The van der Waals surface area contributed by atoms with Crippen LogP contribution in [0.15, 0.2) is 36.4 Å². The molecule has 5 nitrogen and oxygen atoms in total. The third-order valence-electron chi connectivity index (χ3n) is 6.19. The molecule has 33 heavy (non-hydrogen) atoms. The standard InChI is InChI=1S/C28H41N3O2/c1-3-5-7-8-9-10-11-12-13-14-15-23-16-19-28(32)27(21-23)31-29-25-18-17-24(22-26(25)30-31)33-20-6-4-2/h16-19,21-22,32H,3-15,20H2,1-2H3. The zero-order chi connectivity index (χ0) is 23.3. The van der Waals surface area contributed by atoms with E-state index in [-0.39, 0.29) is 5.75 Å². The fourth-order valence-electron chi connectivity index (χ4n) is 4.13. The Balaban J connectivity index is 1.51. The van der Waals surface area contributed by atoms with Gasteiger partial charge in [0.1, 0.15) is 28.2 Å². The highest BCUT2D eigenvalue weighted by Gasteiger charge is 2.11. The van der Waals surface area contributed by atoms with Gasteiger partial charge in [-0.05, 0) is 49.1 Å². The fourth-order valence-corrected chi connectivity index (χ4v) is 4.13. The van der Waals surface area contributed by atoms with E-state index in [1.807, 2.05) is 30.3 Å². The molecule has 0 fully saturated rings. The Labute approximate surface area is 199 Å². The quantitative estimate of drug-likeness (QED) is 0.226. The van der Waals surface area contributed by atoms with Gasteiger partial charge < -0.3 is 9.84 Å². The molecule has 0 atom stereocenters. The number of phenolic OH excluding ortho intramolecular Hbond substituents is 1. The molecule has 3 rings (SSSR count). The zero-order valence-electron chi connectivity index (χ0n) is 20.6. The van der Waals surface area contributed by atoms with Crippen molar-refractivity contribution < 1.29 is 9.84 Å². The van der Waals surface area contributed by atoms with Gasteiger partial charge in [0.05, 0.1) is 6.61 Å². The summed E-state index contributed by atoms with van der Waals surface area (Å²) in [5, 5.41) is 19.6. The largest absolute Gasteiger partial charge is 0.506 e. The number of ether oxygens (including phenoxy) is 1. The van der Waals surface area contributed by atoms with E-state index in [9.17, 15) is 5.11 Å². The maximum atomic E-state index is 10.4. The van der Waals surface area contributed by atoms with Crippen molar-refractivity contribution in [3.63, 3.8) is 0 Å². The number of aryl methyl sites for hydroxylation is 1. The van der Waals surface area contributed by atoms with Crippen LogP contribution in [-0.4, -0.2) is 26.7 Å². The molecule has 1 heterocycles. The average molecular weight is 452 g/mol. The Hall–Kier alpha value is -2.56. The summed E-state index contributed by atoms with van der Waals surface area (Å²) in [4.78, 5) is 1.54. The van der Waals surface area contributed by atoms with Crippen LogP contribution < -0.4 is 4.74 Å². The summed E-state index contributed by atoms with van der Waals surface area (Å²) in [6.07, 6.45) is 16.5. The van der Waals surface area contributed by atoms with Crippen molar-refractivity contribution >= 4 is 11.0 Å². The van der Waals surface area contributed by atoms with E-state index in [1.54, 1.807) is 6.07 Å². The molecule has 1 N–H and O–H groups in total. The Bertz CT molecular complexity index is 967. The van der Waals surface area contributed by atoms with Gasteiger partial charge in [0.25, 0.3) is 0 Å². The Morgan fingerprint density at radius 1 is 0.727 bits per heavy atom. The molecule has 2 aromatic carbocycles. The third-order valence-corrected chi connectivity index (χ3v) is 6.19. The summed E-state index contributed by atoms with van der Waals surface area (Å²) in [6, 6.07) is 11.5. The summed E-state index contributed by atoms with van der Waals surface area (Å²) in [5.74, 6) is 1.00. The molecule has 5 heteroatoms. The maximum absolute atomic E-state index is 10.4. The summed E-state index contributed by atoms with van der Waals surface area (Å²) in [6.45, 7) is 5.12. The lowest BCUT2D eigenvalue weighted by Crippen LogP contribution is -2.00. The van der Waals surface area contributed by atoms with Crippen LogP contribution in [0.25, 0.3) is 16.7 Å². The van der Waals surface area contributed by atoms with Crippen molar-refractivity contribution in [2.75, 3.05) is 6.61 Å². The lowest BCUT2D eigenvalue weighted by Gasteiger charge is -2.07. The number of nitrogens with zero attached hydrogens (tertiary/aromatic N) is 3. The van der Waals surface area contributed by atoms with Crippen LogP contribution in [0.5, 0.6) is 11.5 Å². The van der Waals surface area contributed by atoms with Crippen LogP contribution in [-0.2, 0) is 6.42 Å². The van der Waals surface area contributed by atoms with E-state index in [0.29, 0.717) is 12.3 Å². The van der Waals surface area contributed by atoms with Crippen molar-refractivity contribution in [1.29, 1.82) is 0 Å². The summed E-state index contributed by atoms with van der Waals surface area (Å²) in [5.41, 5.74) is 3.40. The highest BCUT2D eigenvalue weighted by molar-refractivity contribution is 5.75. The van der Waals surface area contributed by atoms with Crippen LogP contribution in [0, 0.1) is 0 Å². The summed E-state index contributed by atoms with van der Waals surface area (Å²) < 4.78 is 5.79. The molecule has 0 unspecified atom stereocenters. The van der Waals surface area contributed by atoms with Gasteiger partial charge in [-0.3, -0.25) is 0 Å². The predicted octanol–water partition coefficient (Wildman–Crippen LogP) is 7.77. The number of phenols is 1. The first kappa shape index (κ1) is 25.1. The summed E-state index contributed by atoms with van der Waals surface area (Å²) >= 11 is 0. The van der Waals surface area contributed by atoms with Gasteiger partial charge in [-0.25, -0.2) is 0 Å². The zero-order valence-corrected chi connectivity index (χ0v) is 20.6. The molecule has 0 amide bonds. The van der Waals surface area contributed by atoms with E-state index in [4.69, 9.17) is 4.74 Å². The molecule has 0 spiro atoms. The minimum atomic E-state index is 0.196. The Morgan fingerprint density at radius 3 is 2.12 bits per heavy atom. The number of fused-ring (bicyclic) bond motifs is 1. The van der Waals surface area contributed by atoms with Crippen molar-refractivity contribution in [3.8, 4) is 17.2 Å². The number of aromatic nitrogens is 3. The van der Waals surface area contributed by atoms with Crippen molar-refractivity contribution in [2.24, 2.45) is 0 Å². The van der Waals surface area contributed by atoms with Crippen LogP contribution in [0.2, 0.25) is 0 Å². The molecule has 0 aliphatic heterocycles. The number of benzene rings is 2. The monoisotopic (exact) mass is 451 g/mol. The first-order chi connectivity index (χ1) is 16.2. The van der Waals surface area contributed by atoms with Crippen molar-refractivity contribution in [1.82, 2.24) is 15.0 Å². The molecule has 0 aliphatic carbocycles. The minimum Gasteiger partial charge on any atom is -0.506 e. The Kier molecular flexibility index (Phi) is 10.5. The molecule has 3 aromatic rings. The number of hydrogen-bond acceptors (Lipinski definition) is 4. The van der Waals surface area contributed by atoms with E-state index in [2.05, 4.69) is 24.0 Å². The van der Waals surface area contributed by atoms with Gasteiger partial charge in [-0.1, -0.05) is 84.1 Å². The highest BCUT2D eigenvalue weighted by atomic mass is 16.5. The molecule has 1 aromatic heterocycles. The lowest BCUT2D eigenvalue weighted by atomic mass is 10.0. The molecule has 0 radical (unpaired) electrons. The van der Waals surface area contributed by atoms with Gasteiger partial charge in [-0.15, -0.1) is 15.0 Å². The minimum absolute atomic E-state index is 0.196. The molecule has 0 bridgehead atoms. The van der Waals surface area contributed by atoms with Crippen LogP contribution in [0.1, 0.15) is 96.5 Å².